The highest BCUT2D eigenvalue weighted by Gasteiger charge is 2.34. The Bertz CT molecular complexity index is 899. The molecule has 1 saturated heterocycles. The number of aromatic nitrogens is 2. The first-order valence-corrected chi connectivity index (χ1v) is 10.8. The van der Waals surface area contributed by atoms with Crippen molar-refractivity contribution in [2.75, 3.05) is 26.0 Å². The zero-order valence-electron chi connectivity index (χ0n) is 17.5. The fraction of sp³-hybridized carbons (Fsp3) is 0.476. The van der Waals surface area contributed by atoms with Crippen molar-refractivity contribution in [1.82, 2.24) is 14.9 Å². The number of thioether (sulfide) groups is 1. The Labute approximate surface area is 183 Å². The quantitative estimate of drug-likeness (QED) is 0.478. The molecule has 31 heavy (non-hydrogen) atoms. The summed E-state index contributed by atoms with van der Waals surface area (Å²) < 4.78 is 50.8. The monoisotopic (exact) mass is 455 g/mol. The molecule has 0 saturated carbocycles. The Morgan fingerprint density at radius 3 is 2.42 bits per heavy atom. The number of rotatable bonds is 6. The maximum atomic E-state index is 13.4. The van der Waals surface area contributed by atoms with E-state index < -0.39 is 11.9 Å². The smallest absolute Gasteiger partial charge is 0.433 e. The second-order valence-electron chi connectivity index (χ2n) is 7.30. The molecule has 2 atom stereocenters. The zero-order valence-corrected chi connectivity index (χ0v) is 18.3. The van der Waals surface area contributed by atoms with Crippen LogP contribution in [0.5, 0.6) is 5.75 Å². The topological polar surface area (TPSA) is 64.5 Å². The summed E-state index contributed by atoms with van der Waals surface area (Å²) in [6.45, 7) is 4.83. The van der Waals surface area contributed by atoms with Crippen molar-refractivity contribution in [2.45, 2.75) is 43.8 Å². The average molecular weight is 456 g/mol. The highest BCUT2D eigenvalue weighted by molar-refractivity contribution is 7.99. The first-order valence-electron chi connectivity index (χ1n) is 9.82. The number of carbonyl (C=O) groups is 1. The number of halogens is 3. The summed E-state index contributed by atoms with van der Waals surface area (Å²) >= 11 is 1.04. The van der Waals surface area contributed by atoms with Gasteiger partial charge in [-0.25, -0.2) is 9.97 Å². The number of hydrogen-bond acceptors (Lipinski definition) is 6. The Morgan fingerprint density at radius 2 is 1.84 bits per heavy atom. The van der Waals surface area contributed by atoms with Crippen LogP contribution in [-0.2, 0) is 15.7 Å². The fourth-order valence-electron chi connectivity index (χ4n) is 3.31. The SMILES string of the molecule is COc1ccc(-c2cc(C(F)(F)F)nc(SCCC(=O)N3C[C@@H](C)O[C@@H](C)C3)n2)cc1. The number of alkyl halides is 3. The normalized spacial score (nSPS) is 19.4. The van der Waals surface area contributed by atoms with Gasteiger partial charge in [-0.1, -0.05) is 11.8 Å². The van der Waals surface area contributed by atoms with Gasteiger partial charge < -0.3 is 14.4 Å². The van der Waals surface area contributed by atoms with Crippen molar-refractivity contribution in [3.05, 3.63) is 36.0 Å². The van der Waals surface area contributed by atoms with Gasteiger partial charge in [0.15, 0.2) is 5.16 Å². The molecule has 0 spiro atoms. The van der Waals surface area contributed by atoms with E-state index in [0.29, 0.717) is 24.4 Å². The number of carbonyl (C=O) groups excluding carboxylic acids is 1. The summed E-state index contributed by atoms with van der Waals surface area (Å²) in [6.07, 6.45) is -4.50. The number of methoxy groups -OCH3 is 1. The molecule has 1 aliphatic rings. The molecule has 10 heteroatoms. The van der Waals surface area contributed by atoms with Gasteiger partial charge in [-0.2, -0.15) is 13.2 Å². The lowest BCUT2D eigenvalue weighted by atomic mass is 10.1. The van der Waals surface area contributed by atoms with Crippen LogP contribution in [0.3, 0.4) is 0 Å². The zero-order chi connectivity index (χ0) is 22.6. The van der Waals surface area contributed by atoms with E-state index in [4.69, 9.17) is 9.47 Å². The third-order valence-electron chi connectivity index (χ3n) is 4.70. The largest absolute Gasteiger partial charge is 0.497 e. The number of amides is 1. The molecule has 0 bridgehead atoms. The van der Waals surface area contributed by atoms with Crippen molar-refractivity contribution >= 4 is 17.7 Å². The molecule has 2 aromatic rings. The van der Waals surface area contributed by atoms with Gasteiger partial charge in [0.1, 0.15) is 11.4 Å². The first kappa shape index (κ1) is 23.3. The second kappa shape index (κ2) is 9.86. The second-order valence-corrected chi connectivity index (χ2v) is 8.36. The lowest BCUT2D eigenvalue weighted by Crippen LogP contribution is -2.48. The summed E-state index contributed by atoms with van der Waals surface area (Å²) in [5.74, 6) is 0.813. The van der Waals surface area contributed by atoms with Crippen LogP contribution in [0.2, 0.25) is 0 Å². The lowest BCUT2D eigenvalue weighted by molar-refractivity contribution is -0.143. The summed E-state index contributed by atoms with van der Waals surface area (Å²) in [6, 6.07) is 7.51. The van der Waals surface area contributed by atoms with Gasteiger partial charge in [-0.15, -0.1) is 0 Å². The Kier molecular flexibility index (Phi) is 7.42. The van der Waals surface area contributed by atoms with E-state index in [1.165, 1.54) is 7.11 Å². The van der Waals surface area contributed by atoms with Crippen LogP contribution in [0.15, 0.2) is 35.5 Å². The van der Waals surface area contributed by atoms with E-state index in [9.17, 15) is 18.0 Å². The molecular formula is C21H24F3N3O3S. The number of benzene rings is 1. The van der Waals surface area contributed by atoms with E-state index in [1.54, 1.807) is 29.2 Å². The summed E-state index contributed by atoms with van der Waals surface area (Å²) in [5, 5.41) is -0.0165. The van der Waals surface area contributed by atoms with Crippen LogP contribution < -0.4 is 4.74 Å². The van der Waals surface area contributed by atoms with E-state index in [1.807, 2.05) is 13.8 Å². The van der Waals surface area contributed by atoms with Crippen molar-refractivity contribution in [1.29, 1.82) is 0 Å². The molecule has 1 aliphatic heterocycles. The Balaban J connectivity index is 1.72. The van der Waals surface area contributed by atoms with Crippen LogP contribution in [0.25, 0.3) is 11.3 Å². The maximum Gasteiger partial charge on any atom is 0.433 e. The van der Waals surface area contributed by atoms with E-state index in [0.717, 1.165) is 17.8 Å². The standard InChI is InChI=1S/C21H24F3N3O3S/c1-13-11-27(12-14(2)30-13)19(28)8-9-31-20-25-17(10-18(26-20)21(22,23)24)15-4-6-16(29-3)7-5-15/h4-7,10,13-14H,8-9,11-12H2,1-3H3/t13-,14+. The number of morpholine rings is 1. The third-order valence-corrected chi connectivity index (χ3v) is 5.55. The summed E-state index contributed by atoms with van der Waals surface area (Å²) in [7, 11) is 1.51. The lowest BCUT2D eigenvalue weighted by Gasteiger charge is -2.35. The minimum absolute atomic E-state index is 0.0165. The van der Waals surface area contributed by atoms with Gasteiger partial charge in [-0.05, 0) is 44.2 Å². The summed E-state index contributed by atoms with van der Waals surface area (Å²) in [5.41, 5.74) is -0.337. The molecule has 0 N–H and O–H groups in total. The van der Waals surface area contributed by atoms with E-state index in [-0.39, 0.29) is 41.1 Å². The van der Waals surface area contributed by atoms with Crippen LogP contribution >= 0.6 is 11.8 Å². The third kappa shape index (κ3) is 6.33. The van der Waals surface area contributed by atoms with Crippen molar-refractivity contribution in [3.63, 3.8) is 0 Å². The number of hydrogen-bond donors (Lipinski definition) is 0. The molecule has 1 fully saturated rings. The molecule has 0 radical (unpaired) electrons. The highest BCUT2D eigenvalue weighted by atomic mass is 32.2. The molecule has 0 aliphatic carbocycles. The van der Waals surface area contributed by atoms with Gasteiger partial charge in [0.2, 0.25) is 5.91 Å². The Hall–Kier alpha value is -2.33. The van der Waals surface area contributed by atoms with Crippen molar-refractivity contribution in [2.24, 2.45) is 0 Å². The van der Waals surface area contributed by atoms with Gasteiger partial charge >= 0.3 is 6.18 Å². The van der Waals surface area contributed by atoms with E-state index in [2.05, 4.69) is 9.97 Å². The van der Waals surface area contributed by atoms with Crippen LogP contribution in [-0.4, -0.2) is 58.9 Å². The van der Waals surface area contributed by atoms with Crippen LogP contribution in [0, 0.1) is 0 Å². The van der Waals surface area contributed by atoms with Gasteiger partial charge in [0, 0.05) is 30.8 Å². The maximum absolute atomic E-state index is 13.4. The van der Waals surface area contributed by atoms with Crippen molar-refractivity contribution < 1.29 is 27.4 Å². The molecular weight excluding hydrogens is 431 g/mol. The molecule has 1 amide bonds. The Morgan fingerprint density at radius 1 is 1.19 bits per heavy atom. The molecule has 3 rings (SSSR count). The highest BCUT2D eigenvalue weighted by Crippen LogP contribution is 2.32. The van der Waals surface area contributed by atoms with Crippen LogP contribution in [0.1, 0.15) is 26.0 Å². The minimum atomic E-state index is -4.60. The molecule has 0 unspecified atom stereocenters. The predicted octanol–water partition coefficient (Wildman–Crippen LogP) is 4.29. The summed E-state index contributed by atoms with van der Waals surface area (Å²) in [4.78, 5) is 22.1. The van der Waals surface area contributed by atoms with Crippen molar-refractivity contribution in [3.8, 4) is 17.0 Å². The number of ether oxygens (including phenoxy) is 2. The van der Waals surface area contributed by atoms with E-state index >= 15 is 0 Å². The average Bonchev–Trinajstić information content (AvgIpc) is 2.72. The number of nitrogens with zero attached hydrogens (tertiary/aromatic N) is 3. The molecule has 1 aromatic heterocycles. The van der Waals surface area contributed by atoms with Gasteiger partial charge in [-0.3, -0.25) is 4.79 Å². The molecule has 2 heterocycles. The predicted molar refractivity (Wildman–Crippen MR) is 111 cm³/mol. The molecule has 6 nitrogen and oxygen atoms in total. The molecule has 1 aromatic carbocycles. The molecule has 168 valence electrons. The fourth-order valence-corrected chi connectivity index (χ4v) is 4.10. The van der Waals surface area contributed by atoms with Gasteiger partial charge in [0.05, 0.1) is 25.0 Å². The van der Waals surface area contributed by atoms with Crippen LogP contribution in [0.4, 0.5) is 13.2 Å². The first-order chi connectivity index (χ1) is 14.7. The van der Waals surface area contributed by atoms with Gasteiger partial charge in [0.25, 0.3) is 0 Å². The minimum Gasteiger partial charge on any atom is -0.497 e.